The second-order valence-electron chi connectivity index (χ2n) is 5.54. The van der Waals surface area contributed by atoms with E-state index in [0.717, 1.165) is 17.7 Å². The standard InChI is InChI=1S/C18H16F2N2O4S2/c1-2-25-15-6-4-3-5-14(15)16-21-22-18(26-16)27-11-12-7-9-13(10-8-12)28(23,24)17(19)20/h3-10,17H,2,11H2,1H3. The van der Waals surface area contributed by atoms with Gasteiger partial charge in [0, 0.05) is 5.75 Å². The first-order valence-electron chi connectivity index (χ1n) is 8.21. The summed E-state index contributed by atoms with van der Waals surface area (Å²) in [7, 11) is -4.59. The SMILES string of the molecule is CCOc1ccccc1-c1nnc(SCc2ccc(S(=O)(=O)C(F)F)cc2)o1. The van der Waals surface area contributed by atoms with Gasteiger partial charge in [0.1, 0.15) is 5.75 Å². The molecule has 10 heteroatoms. The Labute approximate surface area is 164 Å². The molecule has 148 valence electrons. The monoisotopic (exact) mass is 426 g/mol. The second kappa shape index (κ2) is 8.70. The van der Waals surface area contributed by atoms with Gasteiger partial charge < -0.3 is 9.15 Å². The van der Waals surface area contributed by atoms with Crippen LogP contribution in [0.4, 0.5) is 8.78 Å². The van der Waals surface area contributed by atoms with Crippen molar-refractivity contribution in [2.75, 3.05) is 6.61 Å². The summed E-state index contributed by atoms with van der Waals surface area (Å²) in [5.74, 6) is -2.07. The van der Waals surface area contributed by atoms with Crippen LogP contribution in [-0.4, -0.2) is 31.0 Å². The number of hydrogen-bond donors (Lipinski definition) is 0. The Morgan fingerprint density at radius 2 is 1.82 bits per heavy atom. The molecular formula is C18H16F2N2O4S2. The van der Waals surface area contributed by atoms with Crippen LogP contribution in [0.1, 0.15) is 12.5 Å². The van der Waals surface area contributed by atoms with Crippen molar-refractivity contribution < 1.29 is 26.4 Å². The summed E-state index contributed by atoms with van der Waals surface area (Å²) in [6.07, 6.45) is 0. The van der Waals surface area contributed by atoms with Gasteiger partial charge in [0.15, 0.2) is 0 Å². The van der Waals surface area contributed by atoms with Gasteiger partial charge >= 0.3 is 5.76 Å². The van der Waals surface area contributed by atoms with E-state index in [1.54, 1.807) is 0 Å². The summed E-state index contributed by atoms with van der Waals surface area (Å²) >= 11 is 1.25. The van der Waals surface area contributed by atoms with Gasteiger partial charge in [-0.05, 0) is 36.8 Å². The lowest BCUT2D eigenvalue weighted by Crippen LogP contribution is -2.11. The Morgan fingerprint density at radius 3 is 2.50 bits per heavy atom. The first kappa shape index (κ1) is 20.3. The minimum absolute atomic E-state index is 0.324. The van der Waals surface area contributed by atoms with E-state index in [1.165, 1.54) is 23.9 Å². The summed E-state index contributed by atoms with van der Waals surface area (Å²) in [5.41, 5.74) is 1.41. The van der Waals surface area contributed by atoms with Crippen molar-refractivity contribution in [1.29, 1.82) is 0 Å². The first-order valence-corrected chi connectivity index (χ1v) is 10.7. The fourth-order valence-corrected chi connectivity index (χ4v) is 3.77. The Morgan fingerprint density at radius 1 is 1.11 bits per heavy atom. The van der Waals surface area contributed by atoms with Crippen molar-refractivity contribution in [2.24, 2.45) is 0 Å². The van der Waals surface area contributed by atoms with Crippen LogP contribution in [0.3, 0.4) is 0 Å². The van der Waals surface area contributed by atoms with Gasteiger partial charge in [0.05, 0.1) is 17.1 Å². The molecule has 0 saturated heterocycles. The van der Waals surface area contributed by atoms with Crippen LogP contribution in [0.25, 0.3) is 11.5 Å². The highest BCUT2D eigenvalue weighted by Gasteiger charge is 2.26. The molecule has 3 aromatic rings. The number of aromatic nitrogens is 2. The quantitative estimate of drug-likeness (QED) is 0.493. The average Bonchev–Trinajstić information content (AvgIpc) is 3.16. The third-order valence-corrected chi connectivity index (χ3v) is 5.96. The number of thioether (sulfide) groups is 1. The number of halogens is 2. The minimum Gasteiger partial charge on any atom is -0.493 e. The smallest absolute Gasteiger partial charge is 0.341 e. The summed E-state index contributed by atoms with van der Waals surface area (Å²) in [4.78, 5) is -0.413. The molecule has 0 N–H and O–H groups in total. The van der Waals surface area contributed by atoms with Gasteiger partial charge in [-0.1, -0.05) is 36.0 Å². The molecule has 0 bridgehead atoms. The zero-order valence-corrected chi connectivity index (χ0v) is 16.3. The molecule has 2 aromatic carbocycles. The maximum atomic E-state index is 12.6. The highest BCUT2D eigenvalue weighted by atomic mass is 32.2. The van der Waals surface area contributed by atoms with Crippen molar-refractivity contribution in [3.8, 4) is 17.2 Å². The molecule has 1 heterocycles. The van der Waals surface area contributed by atoms with E-state index in [2.05, 4.69) is 10.2 Å². The molecule has 0 fully saturated rings. The van der Waals surface area contributed by atoms with E-state index in [0.29, 0.717) is 34.8 Å². The number of nitrogens with zero attached hydrogens (tertiary/aromatic N) is 2. The Balaban J connectivity index is 1.68. The van der Waals surface area contributed by atoms with Gasteiger partial charge in [0.25, 0.3) is 11.1 Å². The predicted molar refractivity (Wildman–Crippen MR) is 100 cm³/mol. The number of ether oxygens (including phenoxy) is 1. The number of hydrogen-bond acceptors (Lipinski definition) is 7. The van der Waals surface area contributed by atoms with Crippen LogP contribution in [0, 0.1) is 0 Å². The minimum atomic E-state index is -4.59. The average molecular weight is 426 g/mol. The Hall–Kier alpha value is -2.46. The van der Waals surface area contributed by atoms with Crippen molar-refractivity contribution in [1.82, 2.24) is 10.2 Å². The van der Waals surface area contributed by atoms with Crippen LogP contribution >= 0.6 is 11.8 Å². The number of alkyl halides is 2. The third kappa shape index (κ3) is 4.50. The molecule has 6 nitrogen and oxygen atoms in total. The largest absolute Gasteiger partial charge is 0.493 e. The Kier molecular flexibility index (Phi) is 6.30. The Bertz CT molecular complexity index is 1040. The lowest BCUT2D eigenvalue weighted by molar-refractivity contribution is 0.234. The van der Waals surface area contributed by atoms with Gasteiger partial charge in [-0.2, -0.15) is 8.78 Å². The van der Waals surface area contributed by atoms with Crippen LogP contribution in [-0.2, 0) is 15.6 Å². The molecule has 0 aliphatic heterocycles. The van der Waals surface area contributed by atoms with Crippen LogP contribution in [0.15, 0.2) is 63.1 Å². The highest BCUT2D eigenvalue weighted by Crippen LogP contribution is 2.31. The number of benzene rings is 2. The van der Waals surface area contributed by atoms with Crippen molar-refractivity contribution in [2.45, 2.75) is 28.6 Å². The van der Waals surface area contributed by atoms with Crippen LogP contribution < -0.4 is 4.74 Å². The van der Waals surface area contributed by atoms with Crippen molar-refractivity contribution in [3.63, 3.8) is 0 Å². The van der Waals surface area contributed by atoms with Crippen molar-refractivity contribution in [3.05, 3.63) is 54.1 Å². The van der Waals surface area contributed by atoms with Crippen LogP contribution in [0.2, 0.25) is 0 Å². The highest BCUT2D eigenvalue weighted by molar-refractivity contribution is 7.98. The topological polar surface area (TPSA) is 82.3 Å². The number of sulfone groups is 1. The normalized spacial score (nSPS) is 11.7. The molecule has 28 heavy (non-hydrogen) atoms. The summed E-state index contributed by atoms with van der Waals surface area (Å²) in [6.45, 7) is 2.38. The van der Waals surface area contributed by atoms with E-state index in [1.807, 2.05) is 31.2 Å². The fraction of sp³-hybridized carbons (Fsp3) is 0.222. The molecule has 1 aromatic heterocycles. The molecule has 0 amide bonds. The summed E-state index contributed by atoms with van der Waals surface area (Å²) in [5, 5.41) is 8.34. The van der Waals surface area contributed by atoms with Gasteiger partial charge in [-0.15, -0.1) is 10.2 Å². The van der Waals surface area contributed by atoms with E-state index in [4.69, 9.17) is 9.15 Å². The summed E-state index contributed by atoms with van der Waals surface area (Å²) < 4.78 is 59.2. The molecule has 0 spiro atoms. The van der Waals surface area contributed by atoms with Crippen LogP contribution in [0.5, 0.6) is 5.75 Å². The first-order chi connectivity index (χ1) is 13.4. The molecule has 0 aliphatic carbocycles. The lowest BCUT2D eigenvalue weighted by atomic mass is 10.2. The fourth-order valence-electron chi connectivity index (χ4n) is 2.32. The summed E-state index contributed by atoms with van der Waals surface area (Å²) in [6, 6.07) is 12.6. The zero-order chi connectivity index (χ0) is 20.1. The third-order valence-electron chi connectivity index (χ3n) is 3.67. The second-order valence-corrected chi connectivity index (χ2v) is 8.38. The molecule has 0 saturated carbocycles. The van der Waals surface area contributed by atoms with E-state index >= 15 is 0 Å². The number of rotatable bonds is 8. The van der Waals surface area contributed by atoms with Gasteiger partial charge in [-0.3, -0.25) is 0 Å². The molecule has 0 atom stereocenters. The van der Waals surface area contributed by atoms with E-state index in [9.17, 15) is 17.2 Å². The van der Waals surface area contributed by atoms with Gasteiger partial charge in [-0.25, -0.2) is 8.42 Å². The predicted octanol–water partition coefficient (Wildman–Crippen LogP) is 4.42. The van der Waals surface area contributed by atoms with Crippen molar-refractivity contribution >= 4 is 21.6 Å². The molecular weight excluding hydrogens is 410 g/mol. The van der Waals surface area contributed by atoms with Gasteiger partial charge in [0.2, 0.25) is 9.84 Å². The van der Waals surface area contributed by atoms with E-state index in [-0.39, 0.29) is 0 Å². The zero-order valence-electron chi connectivity index (χ0n) is 14.7. The lowest BCUT2D eigenvalue weighted by Gasteiger charge is -2.06. The number of para-hydroxylation sites is 1. The maximum Gasteiger partial charge on any atom is 0.341 e. The molecule has 3 rings (SSSR count). The maximum absolute atomic E-state index is 12.6. The molecule has 0 radical (unpaired) electrons. The molecule has 0 unspecified atom stereocenters. The molecule has 0 aliphatic rings. The van der Waals surface area contributed by atoms with E-state index < -0.39 is 20.5 Å².